The Morgan fingerprint density at radius 1 is 1.17 bits per heavy atom. The van der Waals surface area contributed by atoms with Gasteiger partial charge in [-0.3, -0.25) is 9.36 Å². The Hall–Kier alpha value is -4.08. The van der Waals surface area contributed by atoms with E-state index < -0.39 is 0 Å². The molecule has 10 nitrogen and oxygen atoms in total. The maximum atomic E-state index is 12.3. The molecule has 10 heteroatoms. The molecule has 0 aliphatic rings. The van der Waals surface area contributed by atoms with Crippen LogP contribution in [0.25, 0.3) is 11.5 Å². The molecular formula is C19H18N8O2. The summed E-state index contributed by atoms with van der Waals surface area (Å²) in [4.78, 5) is 12.3. The average Bonchev–Trinajstić information content (AvgIpc) is 3.44. The zero-order valence-electron chi connectivity index (χ0n) is 16.1. The van der Waals surface area contributed by atoms with Crippen molar-refractivity contribution in [2.24, 2.45) is 5.10 Å². The predicted octanol–water partition coefficient (Wildman–Crippen LogP) is 2.13. The summed E-state index contributed by atoms with van der Waals surface area (Å²) in [5.74, 6) is 1.13. The van der Waals surface area contributed by atoms with Crippen molar-refractivity contribution in [2.75, 3.05) is 0 Å². The third-order valence-electron chi connectivity index (χ3n) is 4.43. The molecule has 0 atom stereocenters. The molecule has 0 aliphatic heterocycles. The second-order valence-corrected chi connectivity index (χ2v) is 6.46. The minimum absolute atomic E-state index is 0.314. The first-order valence-corrected chi connectivity index (χ1v) is 8.82. The SMILES string of the molecule is Cc1cc(-n2c(C)cc(/C=N\NC(=O)c3ccc(-n4cnnn4)cc3)c2C)no1. The minimum Gasteiger partial charge on any atom is -0.360 e. The third kappa shape index (κ3) is 3.68. The van der Waals surface area contributed by atoms with E-state index in [-0.39, 0.29) is 5.91 Å². The van der Waals surface area contributed by atoms with Gasteiger partial charge in [0.15, 0.2) is 5.82 Å². The number of nitrogens with one attached hydrogen (secondary N) is 1. The molecule has 0 aliphatic carbocycles. The molecule has 1 N–H and O–H groups in total. The van der Waals surface area contributed by atoms with E-state index in [1.54, 1.807) is 30.5 Å². The summed E-state index contributed by atoms with van der Waals surface area (Å²) >= 11 is 0. The summed E-state index contributed by atoms with van der Waals surface area (Å²) in [7, 11) is 0. The standard InChI is InChI=1S/C19H18N8O2/c1-12-8-16(14(3)27(12)18-9-13(2)29-23-18)10-20-22-19(28)15-4-6-17(7-5-15)26-11-21-24-25-26/h4-11H,1-3H3,(H,22,28)/b20-10-. The molecule has 1 amide bonds. The van der Waals surface area contributed by atoms with Crippen LogP contribution in [0, 0.1) is 20.8 Å². The van der Waals surface area contributed by atoms with E-state index in [4.69, 9.17) is 4.52 Å². The highest BCUT2D eigenvalue weighted by Gasteiger charge is 2.12. The van der Waals surface area contributed by atoms with Gasteiger partial charge in [0, 0.05) is 28.6 Å². The van der Waals surface area contributed by atoms with E-state index >= 15 is 0 Å². The van der Waals surface area contributed by atoms with Gasteiger partial charge in [-0.05, 0) is 61.5 Å². The predicted molar refractivity (Wildman–Crippen MR) is 104 cm³/mol. The molecular weight excluding hydrogens is 372 g/mol. The normalized spacial score (nSPS) is 11.3. The van der Waals surface area contributed by atoms with Gasteiger partial charge in [0.05, 0.1) is 11.9 Å². The van der Waals surface area contributed by atoms with Crippen LogP contribution in [-0.2, 0) is 0 Å². The number of hydrogen-bond donors (Lipinski definition) is 1. The Balaban J connectivity index is 1.46. The van der Waals surface area contributed by atoms with E-state index in [2.05, 4.69) is 31.2 Å². The maximum Gasteiger partial charge on any atom is 0.271 e. The van der Waals surface area contributed by atoms with Crippen molar-refractivity contribution in [2.45, 2.75) is 20.8 Å². The summed E-state index contributed by atoms with van der Waals surface area (Å²) in [6.45, 7) is 5.77. The van der Waals surface area contributed by atoms with E-state index in [0.717, 1.165) is 28.4 Å². The number of rotatable bonds is 5. The lowest BCUT2D eigenvalue weighted by molar-refractivity contribution is 0.0955. The molecule has 3 aromatic heterocycles. The number of carbonyl (C=O) groups excluding carboxylic acids is 1. The fraction of sp³-hybridized carbons (Fsp3) is 0.158. The number of hydrogen-bond acceptors (Lipinski definition) is 7. The minimum atomic E-state index is -0.314. The molecule has 0 radical (unpaired) electrons. The van der Waals surface area contributed by atoms with Crippen LogP contribution in [0.3, 0.4) is 0 Å². The highest BCUT2D eigenvalue weighted by atomic mass is 16.5. The number of aryl methyl sites for hydroxylation is 2. The van der Waals surface area contributed by atoms with Crippen LogP contribution in [0.5, 0.6) is 0 Å². The molecule has 4 aromatic rings. The molecule has 29 heavy (non-hydrogen) atoms. The van der Waals surface area contributed by atoms with Crippen LogP contribution in [0.1, 0.15) is 33.1 Å². The van der Waals surface area contributed by atoms with Crippen molar-refractivity contribution in [3.63, 3.8) is 0 Å². The number of tetrazole rings is 1. The first kappa shape index (κ1) is 18.3. The molecule has 0 bridgehead atoms. The van der Waals surface area contributed by atoms with Crippen LogP contribution in [0.15, 0.2) is 52.4 Å². The van der Waals surface area contributed by atoms with Gasteiger partial charge in [0.1, 0.15) is 12.1 Å². The van der Waals surface area contributed by atoms with E-state index in [1.165, 1.54) is 11.0 Å². The maximum absolute atomic E-state index is 12.3. The smallest absolute Gasteiger partial charge is 0.271 e. The zero-order chi connectivity index (χ0) is 20.4. The zero-order valence-corrected chi connectivity index (χ0v) is 16.1. The molecule has 146 valence electrons. The lowest BCUT2D eigenvalue weighted by atomic mass is 10.2. The van der Waals surface area contributed by atoms with E-state index in [1.807, 2.05) is 37.5 Å². The first-order valence-electron chi connectivity index (χ1n) is 8.82. The molecule has 0 saturated carbocycles. The highest BCUT2D eigenvalue weighted by molar-refractivity contribution is 5.95. The first-order chi connectivity index (χ1) is 14.0. The van der Waals surface area contributed by atoms with Gasteiger partial charge >= 0.3 is 0 Å². The molecule has 4 rings (SSSR count). The van der Waals surface area contributed by atoms with Gasteiger partial charge in [-0.15, -0.1) is 5.10 Å². The number of hydrazone groups is 1. The summed E-state index contributed by atoms with van der Waals surface area (Å²) in [6.07, 6.45) is 3.09. The van der Waals surface area contributed by atoms with Gasteiger partial charge in [-0.25, -0.2) is 10.1 Å². The van der Waals surface area contributed by atoms with Gasteiger partial charge in [-0.2, -0.15) is 5.10 Å². The fourth-order valence-electron chi connectivity index (χ4n) is 3.00. The second kappa shape index (κ2) is 7.50. The molecule has 0 fully saturated rings. The molecule has 3 heterocycles. The lowest BCUT2D eigenvalue weighted by Crippen LogP contribution is -2.17. The average molecular weight is 390 g/mol. The largest absolute Gasteiger partial charge is 0.360 e. The Kier molecular flexibility index (Phi) is 4.73. The van der Waals surface area contributed by atoms with E-state index in [9.17, 15) is 4.79 Å². The number of carbonyl (C=O) groups is 1. The summed E-state index contributed by atoms with van der Waals surface area (Å²) in [6, 6.07) is 10.7. The van der Waals surface area contributed by atoms with Crippen LogP contribution >= 0.6 is 0 Å². The van der Waals surface area contributed by atoms with Gasteiger partial charge in [-0.1, -0.05) is 5.16 Å². The quantitative estimate of drug-likeness (QED) is 0.412. The number of benzene rings is 1. The van der Waals surface area contributed by atoms with Gasteiger partial charge in [0.2, 0.25) is 0 Å². The van der Waals surface area contributed by atoms with Crippen molar-refractivity contribution in [1.82, 2.24) is 35.4 Å². The molecule has 0 saturated heterocycles. The fourth-order valence-corrected chi connectivity index (χ4v) is 3.00. The number of aromatic nitrogens is 6. The molecule has 0 unspecified atom stereocenters. The van der Waals surface area contributed by atoms with Crippen LogP contribution in [-0.4, -0.2) is 42.1 Å². The van der Waals surface area contributed by atoms with Crippen molar-refractivity contribution < 1.29 is 9.32 Å². The Labute approximate surface area is 165 Å². The second-order valence-electron chi connectivity index (χ2n) is 6.46. The van der Waals surface area contributed by atoms with Gasteiger partial charge in [0.25, 0.3) is 5.91 Å². The summed E-state index contributed by atoms with van der Waals surface area (Å²) in [5.41, 5.74) is 6.58. The van der Waals surface area contributed by atoms with Gasteiger partial charge < -0.3 is 4.52 Å². The Bertz CT molecular complexity index is 1170. The number of amides is 1. The van der Waals surface area contributed by atoms with Crippen LogP contribution in [0.2, 0.25) is 0 Å². The molecule has 0 spiro atoms. The third-order valence-corrected chi connectivity index (χ3v) is 4.43. The summed E-state index contributed by atoms with van der Waals surface area (Å²) in [5, 5.41) is 19.1. The lowest BCUT2D eigenvalue weighted by Gasteiger charge is -2.04. The highest BCUT2D eigenvalue weighted by Crippen LogP contribution is 2.19. The van der Waals surface area contributed by atoms with E-state index in [0.29, 0.717) is 11.4 Å². The van der Waals surface area contributed by atoms with Crippen molar-refractivity contribution in [1.29, 1.82) is 0 Å². The van der Waals surface area contributed by atoms with Crippen LogP contribution < -0.4 is 5.43 Å². The Morgan fingerprint density at radius 3 is 2.62 bits per heavy atom. The monoisotopic (exact) mass is 390 g/mol. The van der Waals surface area contributed by atoms with Crippen molar-refractivity contribution in [3.05, 3.63) is 71.0 Å². The Morgan fingerprint density at radius 2 is 1.97 bits per heavy atom. The van der Waals surface area contributed by atoms with Crippen LogP contribution in [0.4, 0.5) is 0 Å². The summed E-state index contributed by atoms with van der Waals surface area (Å²) < 4.78 is 8.63. The van der Waals surface area contributed by atoms with Crippen molar-refractivity contribution >= 4 is 12.1 Å². The molecule has 1 aromatic carbocycles. The number of nitrogens with zero attached hydrogens (tertiary/aromatic N) is 7. The van der Waals surface area contributed by atoms with Crippen molar-refractivity contribution in [3.8, 4) is 11.5 Å². The topological polar surface area (TPSA) is 116 Å².